The Morgan fingerprint density at radius 1 is 0.864 bits per heavy atom. The van der Waals surface area contributed by atoms with Crippen LogP contribution in [0.1, 0.15) is 15.9 Å². The van der Waals surface area contributed by atoms with E-state index < -0.39 is 0 Å². The summed E-state index contributed by atoms with van der Waals surface area (Å²) in [6, 6.07) is 15.2. The first-order valence-electron chi connectivity index (χ1n) is 7.00. The standard InChI is InChI=1S/C18H15N3O/c22-18(21-12-14-3-1-9-19-11-14)16-7-5-15(6-8-16)17-4-2-10-20-13-17/h1-11,13H,12H2,(H,21,22). The second-order valence-corrected chi connectivity index (χ2v) is 4.86. The van der Waals surface area contributed by atoms with Crippen LogP contribution in [0.5, 0.6) is 0 Å². The molecule has 0 atom stereocenters. The maximum atomic E-state index is 12.1. The van der Waals surface area contributed by atoms with Crippen molar-refractivity contribution < 1.29 is 4.79 Å². The van der Waals surface area contributed by atoms with Gasteiger partial charge in [0.05, 0.1) is 0 Å². The summed E-state index contributed by atoms with van der Waals surface area (Å²) in [4.78, 5) is 20.2. The van der Waals surface area contributed by atoms with Gasteiger partial charge in [0.25, 0.3) is 5.91 Å². The number of nitrogens with zero attached hydrogens (tertiary/aromatic N) is 2. The Kier molecular flexibility index (Phi) is 4.20. The van der Waals surface area contributed by atoms with Crippen LogP contribution < -0.4 is 5.32 Å². The second kappa shape index (κ2) is 6.63. The number of pyridine rings is 2. The minimum atomic E-state index is -0.0958. The van der Waals surface area contributed by atoms with Gasteiger partial charge in [-0.3, -0.25) is 14.8 Å². The molecule has 1 N–H and O–H groups in total. The molecule has 108 valence electrons. The first-order valence-corrected chi connectivity index (χ1v) is 7.00. The molecule has 0 unspecified atom stereocenters. The van der Waals surface area contributed by atoms with Crippen LogP contribution in [0, 0.1) is 0 Å². The Labute approximate surface area is 128 Å². The van der Waals surface area contributed by atoms with E-state index in [4.69, 9.17) is 0 Å². The molecule has 0 aliphatic heterocycles. The van der Waals surface area contributed by atoms with Crippen molar-refractivity contribution in [2.24, 2.45) is 0 Å². The zero-order chi connectivity index (χ0) is 15.2. The molecule has 4 heteroatoms. The molecule has 0 bridgehead atoms. The minimum absolute atomic E-state index is 0.0958. The number of hydrogen-bond acceptors (Lipinski definition) is 3. The molecule has 22 heavy (non-hydrogen) atoms. The summed E-state index contributed by atoms with van der Waals surface area (Å²) < 4.78 is 0. The van der Waals surface area contributed by atoms with Crippen LogP contribution in [0.3, 0.4) is 0 Å². The van der Waals surface area contributed by atoms with E-state index in [9.17, 15) is 4.79 Å². The van der Waals surface area contributed by atoms with Crippen LogP contribution in [0.4, 0.5) is 0 Å². The summed E-state index contributed by atoms with van der Waals surface area (Å²) in [5.41, 5.74) is 3.68. The molecule has 4 nitrogen and oxygen atoms in total. The summed E-state index contributed by atoms with van der Waals surface area (Å²) in [6.07, 6.45) is 7.00. The number of nitrogens with one attached hydrogen (secondary N) is 1. The third kappa shape index (κ3) is 3.35. The molecule has 3 aromatic rings. The first kappa shape index (κ1) is 13.9. The fraction of sp³-hybridized carbons (Fsp3) is 0.0556. The lowest BCUT2D eigenvalue weighted by Crippen LogP contribution is -2.22. The van der Waals surface area contributed by atoms with E-state index in [0.717, 1.165) is 16.7 Å². The third-order valence-corrected chi connectivity index (χ3v) is 3.32. The summed E-state index contributed by atoms with van der Waals surface area (Å²) >= 11 is 0. The maximum absolute atomic E-state index is 12.1. The highest BCUT2D eigenvalue weighted by Gasteiger charge is 2.06. The average molecular weight is 289 g/mol. The molecule has 0 saturated heterocycles. The number of carbonyl (C=O) groups excluding carboxylic acids is 1. The summed E-state index contributed by atoms with van der Waals surface area (Å²) in [5, 5.41) is 2.88. The molecular weight excluding hydrogens is 274 g/mol. The van der Waals surface area contributed by atoms with Crippen molar-refractivity contribution in [1.82, 2.24) is 15.3 Å². The van der Waals surface area contributed by atoms with Gasteiger partial charge in [0.1, 0.15) is 0 Å². The molecule has 1 aromatic carbocycles. The smallest absolute Gasteiger partial charge is 0.251 e. The van der Waals surface area contributed by atoms with E-state index in [0.29, 0.717) is 12.1 Å². The Balaban J connectivity index is 1.66. The number of hydrogen-bond donors (Lipinski definition) is 1. The van der Waals surface area contributed by atoms with Crippen LogP contribution in [0.2, 0.25) is 0 Å². The largest absolute Gasteiger partial charge is 0.348 e. The van der Waals surface area contributed by atoms with Crippen LogP contribution >= 0.6 is 0 Å². The highest BCUT2D eigenvalue weighted by Crippen LogP contribution is 2.18. The van der Waals surface area contributed by atoms with Gasteiger partial charge in [-0.25, -0.2) is 0 Å². The molecule has 2 heterocycles. The van der Waals surface area contributed by atoms with Gasteiger partial charge >= 0.3 is 0 Å². The Bertz CT molecular complexity index is 740. The van der Waals surface area contributed by atoms with Crippen molar-refractivity contribution in [2.75, 3.05) is 0 Å². The van der Waals surface area contributed by atoms with Crippen LogP contribution in [0.25, 0.3) is 11.1 Å². The third-order valence-electron chi connectivity index (χ3n) is 3.32. The topological polar surface area (TPSA) is 54.9 Å². The van der Waals surface area contributed by atoms with E-state index in [2.05, 4.69) is 15.3 Å². The van der Waals surface area contributed by atoms with E-state index in [-0.39, 0.29) is 5.91 Å². The molecule has 0 fully saturated rings. The summed E-state index contributed by atoms with van der Waals surface area (Å²) in [6.45, 7) is 0.469. The monoisotopic (exact) mass is 289 g/mol. The maximum Gasteiger partial charge on any atom is 0.251 e. The van der Waals surface area contributed by atoms with Gasteiger partial charge in [-0.2, -0.15) is 0 Å². The van der Waals surface area contributed by atoms with Crippen molar-refractivity contribution >= 4 is 5.91 Å². The molecule has 0 aliphatic carbocycles. The highest BCUT2D eigenvalue weighted by molar-refractivity contribution is 5.94. The van der Waals surface area contributed by atoms with Crippen molar-refractivity contribution in [2.45, 2.75) is 6.54 Å². The molecule has 0 spiro atoms. The number of carbonyl (C=O) groups is 1. The minimum Gasteiger partial charge on any atom is -0.348 e. The fourth-order valence-electron chi connectivity index (χ4n) is 2.13. The molecule has 0 radical (unpaired) electrons. The number of rotatable bonds is 4. The van der Waals surface area contributed by atoms with Gasteiger partial charge in [0.2, 0.25) is 0 Å². The van der Waals surface area contributed by atoms with Gasteiger partial charge in [-0.1, -0.05) is 24.3 Å². The number of amides is 1. The predicted molar refractivity (Wildman–Crippen MR) is 85.1 cm³/mol. The van der Waals surface area contributed by atoms with Gasteiger partial charge in [0, 0.05) is 36.9 Å². The van der Waals surface area contributed by atoms with Crippen molar-refractivity contribution in [3.63, 3.8) is 0 Å². The molecule has 0 saturated carbocycles. The SMILES string of the molecule is O=C(NCc1cccnc1)c1ccc(-c2cccnc2)cc1. The first-order chi connectivity index (χ1) is 10.8. The average Bonchev–Trinajstić information content (AvgIpc) is 2.61. The fourth-order valence-corrected chi connectivity index (χ4v) is 2.13. The number of aromatic nitrogens is 2. The van der Waals surface area contributed by atoms with Gasteiger partial charge in [-0.15, -0.1) is 0 Å². The lowest BCUT2D eigenvalue weighted by molar-refractivity contribution is 0.0951. The Morgan fingerprint density at radius 2 is 1.59 bits per heavy atom. The highest BCUT2D eigenvalue weighted by atomic mass is 16.1. The van der Waals surface area contributed by atoms with Crippen LogP contribution in [0.15, 0.2) is 73.3 Å². The molecule has 1 amide bonds. The predicted octanol–water partition coefficient (Wildman–Crippen LogP) is 3.07. The Hall–Kier alpha value is -3.01. The van der Waals surface area contributed by atoms with Crippen LogP contribution in [-0.2, 0) is 6.54 Å². The zero-order valence-corrected chi connectivity index (χ0v) is 11.9. The van der Waals surface area contributed by atoms with E-state index >= 15 is 0 Å². The lowest BCUT2D eigenvalue weighted by Gasteiger charge is -2.06. The van der Waals surface area contributed by atoms with Gasteiger partial charge in [0.15, 0.2) is 0 Å². The summed E-state index contributed by atoms with van der Waals surface area (Å²) in [7, 11) is 0. The molecule has 3 rings (SSSR count). The van der Waals surface area contributed by atoms with E-state index in [1.165, 1.54) is 0 Å². The molecule has 0 aliphatic rings. The molecule has 2 aromatic heterocycles. The quantitative estimate of drug-likeness (QED) is 0.803. The van der Waals surface area contributed by atoms with E-state index in [1.54, 1.807) is 24.8 Å². The van der Waals surface area contributed by atoms with Crippen molar-refractivity contribution in [1.29, 1.82) is 0 Å². The zero-order valence-electron chi connectivity index (χ0n) is 11.9. The lowest BCUT2D eigenvalue weighted by atomic mass is 10.1. The van der Waals surface area contributed by atoms with Crippen molar-refractivity contribution in [3.05, 3.63) is 84.4 Å². The van der Waals surface area contributed by atoms with Crippen molar-refractivity contribution in [3.8, 4) is 11.1 Å². The van der Waals surface area contributed by atoms with Crippen LogP contribution in [-0.4, -0.2) is 15.9 Å². The summed E-state index contributed by atoms with van der Waals surface area (Å²) in [5.74, 6) is -0.0958. The molecular formula is C18H15N3O. The number of benzene rings is 1. The van der Waals surface area contributed by atoms with E-state index in [1.807, 2.05) is 48.5 Å². The second-order valence-electron chi connectivity index (χ2n) is 4.86. The van der Waals surface area contributed by atoms with Gasteiger partial charge < -0.3 is 5.32 Å². The Morgan fingerprint density at radius 3 is 2.23 bits per heavy atom. The normalized spacial score (nSPS) is 10.2. The van der Waals surface area contributed by atoms with Gasteiger partial charge in [-0.05, 0) is 41.0 Å².